The molecule has 0 radical (unpaired) electrons. The molecule has 0 heterocycles. The fraction of sp³-hybridized carbons (Fsp3) is 0.400. The second-order valence-corrected chi connectivity index (χ2v) is 11.3. The second-order valence-electron chi connectivity index (χ2n) is 11.3. The van der Waals surface area contributed by atoms with E-state index < -0.39 is 53.5 Å². The summed E-state index contributed by atoms with van der Waals surface area (Å²) in [4.78, 5) is 54.1. The Labute approximate surface area is 230 Å². The van der Waals surface area contributed by atoms with E-state index in [2.05, 4.69) is 17.2 Å². The maximum Gasteiger partial charge on any atom is 0.408 e. The molecule has 0 fully saturated rings. The van der Waals surface area contributed by atoms with Gasteiger partial charge in [0.05, 0.1) is 6.42 Å². The van der Waals surface area contributed by atoms with Gasteiger partial charge in [-0.1, -0.05) is 49.1 Å². The number of primary amides is 1. The molecule has 0 aliphatic rings. The predicted molar refractivity (Wildman–Crippen MR) is 153 cm³/mol. The van der Waals surface area contributed by atoms with E-state index in [1.54, 1.807) is 78.0 Å². The summed E-state index contributed by atoms with van der Waals surface area (Å²) in [5, 5.41) is 5.43. The molecule has 0 bridgehead atoms. The largest absolute Gasteiger partial charge is 0.444 e. The topological polar surface area (TPSA) is 131 Å². The molecule has 0 saturated carbocycles. The average Bonchev–Trinajstić information content (AvgIpc) is 2.80. The molecule has 0 aliphatic heterocycles. The number of nitrogens with one attached hydrogen (secondary N) is 2. The Morgan fingerprint density at radius 1 is 1.03 bits per heavy atom. The van der Waals surface area contributed by atoms with E-state index in [-0.39, 0.29) is 0 Å². The molecule has 0 aliphatic carbocycles. The number of para-hydroxylation sites is 1. The zero-order chi connectivity index (χ0) is 29.5. The van der Waals surface area contributed by atoms with Crippen LogP contribution < -0.4 is 16.4 Å². The van der Waals surface area contributed by atoms with Crippen molar-refractivity contribution in [3.8, 4) is 0 Å². The van der Waals surface area contributed by atoms with Crippen LogP contribution in [0.1, 0.15) is 70.7 Å². The lowest BCUT2D eigenvalue weighted by molar-refractivity contribution is -0.147. The number of aryl methyl sites for hydroxylation is 1. The van der Waals surface area contributed by atoms with Gasteiger partial charge in [0.1, 0.15) is 17.7 Å². The van der Waals surface area contributed by atoms with Crippen LogP contribution in [-0.4, -0.2) is 45.9 Å². The molecule has 9 heteroatoms. The molecule has 4 N–H and O–H groups in total. The van der Waals surface area contributed by atoms with Crippen LogP contribution in [0, 0.1) is 6.92 Å². The zero-order valence-corrected chi connectivity index (χ0v) is 23.8. The molecule has 2 rings (SSSR count). The summed E-state index contributed by atoms with van der Waals surface area (Å²) in [6.07, 6.45) is 0.275. The number of hydrogen-bond donors (Lipinski definition) is 3. The summed E-state index contributed by atoms with van der Waals surface area (Å²) in [7, 11) is 0. The van der Waals surface area contributed by atoms with Crippen molar-refractivity contribution in [3.05, 3.63) is 71.8 Å². The summed E-state index contributed by atoms with van der Waals surface area (Å²) >= 11 is 0. The third kappa shape index (κ3) is 8.98. The minimum Gasteiger partial charge on any atom is -0.444 e. The minimum absolute atomic E-state index is 0.469. The van der Waals surface area contributed by atoms with E-state index in [1.165, 1.54) is 4.90 Å². The molecule has 9 nitrogen and oxygen atoms in total. The highest BCUT2D eigenvalue weighted by atomic mass is 16.6. The van der Waals surface area contributed by atoms with Crippen LogP contribution in [-0.2, 0) is 19.1 Å². The summed E-state index contributed by atoms with van der Waals surface area (Å²) in [5.74, 6) is -1.93. The van der Waals surface area contributed by atoms with Crippen molar-refractivity contribution in [1.82, 2.24) is 10.2 Å². The summed E-state index contributed by atoms with van der Waals surface area (Å²) in [6, 6.07) is 11.9. The van der Waals surface area contributed by atoms with E-state index >= 15 is 0 Å². The molecule has 2 aromatic carbocycles. The third-order valence-corrected chi connectivity index (χ3v) is 5.73. The first-order chi connectivity index (χ1) is 18.0. The van der Waals surface area contributed by atoms with Gasteiger partial charge in [0.2, 0.25) is 11.8 Å². The lowest BCUT2D eigenvalue weighted by atomic mass is 9.94. The van der Waals surface area contributed by atoms with Crippen molar-refractivity contribution in [2.75, 3.05) is 5.32 Å². The molecule has 210 valence electrons. The van der Waals surface area contributed by atoms with Crippen molar-refractivity contribution < 1.29 is 23.9 Å². The normalized spacial score (nSPS) is 13.0. The summed E-state index contributed by atoms with van der Waals surface area (Å²) in [5.41, 5.74) is 6.40. The van der Waals surface area contributed by atoms with E-state index in [4.69, 9.17) is 10.5 Å². The van der Waals surface area contributed by atoms with E-state index in [9.17, 15) is 19.2 Å². The zero-order valence-electron chi connectivity index (χ0n) is 23.8. The quantitative estimate of drug-likeness (QED) is 0.427. The molecule has 2 unspecified atom stereocenters. The van der Waals surface area contributed by atoms with Crippen molar-refractivity contribution in [3.63, 3.8) is 0 Å². The SMILES string of the molecule is C=Cc1cccc(C(C(=O)Nc2ccccc2C)N(C(=O)C(CC(N)=O)NC(=O)OC(C)(C)C)C(C)(C)C)c1. The van der Waals surface area contributed by atoms with Gasteiger partial charge in [-0.05, 0) is 77.3 Å². The summed E-state index contributed by atoms with van der Waals surface area (Å²) in [6.45, 7) is 16.0. The van der Waals surface area contributed by atoms with E-state index in [0.29, 0.717) is 11.3 Å². The van der Waals surface area contributed by atoms with Crippen LogP contribution in [0.5, 0.6) is 0 Å². The molecular weight excluding hydrogens is 496 g/mol. The Hall–Kier alpha value is -4.14. The van der Waals surface area contributed by atoms with Crippen LogP contribution in [0.15, 0.2) is 55.1 Å². The number of benzene rings is 2. The molecular formula is C30H40N4O5. The van der Waals surface area contributed by atoms with Crippen molar-refractivity contribution in [1.29, 1.82) is 0 Å². The van der Waals surface area contributed by atoms with Gasteiger partial charge in [0.15, 0.2) is 0 Å². The third-order valence-electron chi connectivity index (χ3n) is 5.73. The molecule has 4 amide bonds. The number of rotatable bonds is 9. The summed E-state index contributed by atoms with van der Waals surface area (Å²) < 4.78 is 5.32. The van der Waals surface area contributed by atoms with Crippen molar-refractivity contribution in [2.45, 2.75) is 78.1 Å². The van der Waals surface area contributed by atoms with Gasteiger partial charge in [-0.15, -0.1) is 0 Å². The van der Waals surface area contributed by atoms with Gasteiger partial charge in [-0.2, -0.15) is 0 Å². The van der Waals surface area contributed by atoms with E-state index in [0.717, 1.165) is 11.1 Å². The second kappa shape index (κ2) is 12.6. The predicted octanol–water partition coefficient (Wildman–Crippen LogP) is 4.71. The Balaban J connectivity index is 2.64. The molecule has 2 atom stereocenters. The highest BCUT2D eigenvalue weighted by molar-refractivity contribution is 6.00. The molecule has 0 saturated heterocycles. The number of carbonyl (C=O) groups excluding carboxylic acids is 4. The number of alkyl carbamates (subject to hydrolysis) is 1. The van der Waals surface area contributed by atoms with Crippen LogP contribution >= 0.6 is 0 Å². The molecule has 39 heavy (non-hydrogen) atoms. The van der Waals surface area contributed by atoms with Gasteiger partial charge in [0.25, 0.3) is 5.91 Å². The molecule has 0 spiro atoms. The smallest absolute Gasteiger partial charge is 0.408 e. The maximum absolute atomic E-state index is 14.2. The fourth-order valence-corrected chi connectivity index (χ4v) is 4.05. The van der Waals surface area contributed by atoms with Crippen LogP contribution in [0.2, 0.25) is 0 Å². The molecule has 2 aromatic rings. The number of ether oxygens (including phenoxy) is 1. The number of nitrogens with zero attached hydrogens (tertiary/aromatic N) is 1. The van der Waals surface area contributed by atoms with Crippen molar-refractivity contribution in [2.24, 2.45) is 5.73 Å². The maximum atomic E-state index is 14.2. The first-order valence-electron chi connectivity index (χ1n) is 12.7. The van der Waals surface area contributed by atoms with Gasteiger partial charge in [-0.25, -0.2) is 4.79 Å². The van der Waals surface area contributed by atoms with Gasteiger partial charge >= 0.3 is 6.09 Å². The number of anilines is 1. The molecule has 0 aromatic heterocycles. The average molecular weight is 537 g/mol. The number of hydrogen-bond acceptors (Lipinski definition) is 5. The Bertz CT molecular complexity index is 1230. The minimum atomic E-state index is -1.37. The van der Waals surface area contributed by atoms with E-state index in [1.807, 2.05) is 25.1 Å². The lowest BCUT2D eigenvalue weighted by Gasteiger charge is -2.43. The monoisotopic (exact) mass is 536 g/mol. The number of nitrogens with two attached hydrogens (primary N) is 1. The van der Waals surface area contributed by atoms with Crippen LogP contribution in [0.4, 0.5) is 10.5 Å². The Kier molecular flexibility index (Phi) is 10.0. The van der Waals surface area contributed by atoms with Gasteiger partial charge < -0.3 is 26.0 Å². The first kappa shape index (κ1) is 31.1. The first-order valence-corrected chi connectivity index (χ1v) is 12.7. The van der Waals surface area contributed by atoms with Crippen LogP contribution in [0.25, 0.3) is 6.08 Å². The fourth-order valence-electron chi connectivity index (χ4n) is 4.05. The highest BCUT2D eigenvalue weighted by Gasteiger charge is 2.42. The number of carbonyl (C=O) groups is 4. The van der Waals surface area contributed by atoms with Crippen LogP contribution in [0.3, 0.4) is 0 Å². The van der Waals surface area contributed by atoms with Gasteiger partial charge in [-0.3, -0.25) is 14.4 Å². The van der Waals surface area contributed by atoms with Gasteiger partial charge in [0, 0.05) is 11.2 Å². The Morgan fingerprint density at radius 2 is 1.67 bits per heavy atom. The lowest BCUT2D eigenvalue weighted by Crippen LogP contribution is -2.58. The standard InChI is InChI=1S/C30H40N4O5/c1-9-20-14-12-15-21(17-20)25(26(36)32-22-16-11-10-13-19(22)2)34(29(3,4)5)27(37)23(18-24(31)35)33-28(38)39-30(6,7)8/h9-17,23,25H,1,18H2,2-8H3,(H2,31,35)(H,32,36)(H,33,38). The Morgan fingerprint density at radius 3 is 2.21 bits per heavy atom. The number of amides is 4. The van der Waals surface area contributed by atoms with Crippen molar-refractivity contribution >= 4 is 35.6 Å². The highest BCUT2D eigenvalue weighted by Crippen LogP contribution is 2.32.